The summed E-state index contributed by atoms with van der Waals surface area (Å²) in [4.78, 5) is 26.3. The van der Waals surface area contributed by atoms with Crippen LogP contribution in [0.25, 0.3) is 0 Å². The Labute approximate surface area is 204 Å². The minimum atomic E-state index is -0.957. The molecule has 0 aromatic heterocycles. The van der Waals surface area contributed by atoms with Crippen molar-refractivity contribution >= 4 is 35.0 Å². The summed E-state index contributed by atoms with van der Waals surface area (Å²) in [6.45, 7) is 3.11. The van der Waals surface area contributed by atoms with E-state index < -0.39 is 11.6 Å². The molecule has 2 amide bonds. The molecule has 33 heavy (non-hydrogen) atoms. The third-order valence-corrected chi connectivity index (χ3v) is 8.20. The highest BCUT2D eigenvalue weighted by atomic mass is 35.5. The average molecular weight is 487 g/mol. The van der Waals surface area contributed by atoms with Gasteiger partial charge in [-0.3, -0.25) is 9.59 Å². The Hall–Kier alpha value is -2.08. The lowest BCUT2D eigenvalue weighted by molar-refractivity contribution is -0.139. The van der Waals surface area contributed by atoms with Gasteiger partial charge in [0.05, 0.1) is 0 Å². The van der Waals surface area contributed by atoms with E-state index in [1.54, 1.807) is 0 Å². The summed E-state index contributed by atoms with van der Waals surface area (Å²) in [6.07, 6.45) is 2.36. The quantitative estimate of drug-likeness (QED) is 0.655. The zero-order valence-electron chi connectivity index (χ0n) is 18.6. The van der Waals surface area contributed by atoms with Crippen molar-refractivity contribution < 1.29 is 14.3 Å². The van der Waals surface area contributed by atoms with Crippen molar-refractivity contribution in [2.24, 2.45) is 5.92 Å². The highest BCUT2D eigenvalue weighted by molar-refractivity contribution is 6.31. The third kappa shape index (κ3) is 4.05. The zero-order chi connectivity index (χ0) is 23.2. The molecule has 3 fully saturated rings. The first-order chi connectivity index (χ1) is 15.9. The molecular formula is C26H28Cl2N2O3. The first kappa shape index (κ1) is 22.7. The van der Waals surface area contributed by atoms with Crippen LogP contribution in [0.2, 0.25) is 10.0 Å². The number of carbonyl (C=O) groups is 2. The van der Waals surface area contributed by atoms with E-state index >= 15 is 0 Å². The summed E-state index contributed by atoms with van der Waals surface area (Å²) in [5.74, 6) is -0.306. The van der Waals surface area contributed by atoms with Crippen LogP contribution < -0.4 is 10.6 Å². The van der Waals surface area contributed by atoms with Crippen molar-refractivity contribution in [3.63, 3.8) is 0 Å². The van der Waals surface area contributed by atoms with Crippen molar-refractivity contribution in [3.8, 4) is 0 Å². The number of ether oxygens (including phenoxy) is 1. The second-order valence-electron chi connectivity index (χ2n) is 9.53. The smallest absolute Gasteiger partial charge is 0.249 e. The standard InChI is InChI=1S/C26H28Cl2N2O3/c1-15-4-9-18(21(28)13-15)19-10-11-26(30-24(31)22-3-2-12-33-22)20(14-29-25(26)32)23(19)16-5-7-17(27)8-6-16/h4-9,13,19-20,22-23H,2-3,10-12,14H2,1H3,(H,29,32)(H,30,31)/t19-,20-,22?,23-,26-/m0/s1. The summed E-state index contributed by atoms with van der Waals surface area (Å²) in [5, 5.41) is 7.62. The van der Waals surface area contributed by atoms with E-state index in [9.17, 15) is 9.59 Å². The van der Waals surface area contributed by atoms with E-state index in [-0.39, 0.29) is 29.6 Å². The fourth-order valence-electron chi connectivity index (χ4n) is 6.01. The molecule has 1 aliphatic carbocycles. The number of hydrogen-bond donors (Lipinski definition) is 2. The fraction of sp³-hybridized carbons (Fsp3) is 0.462. The molecule has 0 spiro atoms. The highest BCUT2D eigenvalue weighted by Crippen LogP contribution is 2.54. The molecular weight excluding hydrogens is 459 g/mol. The SMILES string of the molecule is Cc1ccc([C@@H]2CC[C@@]3(NC(=O)C4CCCO4)C(=O)NC[C@H]3[C@H]2c2ccc(Cl)cc2)c(Cl)c1. The van der Waals surface area contributed by atoms with E-state index in [0.717, 1.165) is 34.6 Å². The molecule has 5 rings (SSSR count). The van der Waals surface area contributed by atoms with Crippen LogP contribution in [0.5, 0.6) is 0 Å². The van der Waals surface area contributed by atoms with Gasteiger partial charge in [-0.25, -0.2) is 0 Å². The molecule has 2 aromatic carbocycles. The van der Waals surface area contributed by atoms with Crippen LogP contribution >= 0.6 is 23.2 Å². The van der Waals surface area contributed by atoms with Gasteiger partial charge in [-0.05, 0) is 79.3 Å². The van der Waals surface area contributed by atoms with Crippen molar-refractivity contribution in [2.75, 3.05) is 13.2 Å². The number of amides is 2. The normalized spacial score (nSPS) is 31.2. The van der Waals surface area contributed by atoms with Crippen LogP contribution in [0, 0.1) is 12.8 Å². The average Bonchev–Trinajstić information content (AvgIpc) is 3.44. The van der Waals surface area contributed by atoms with Crippen LogP contribution in [0.15, 0.2) is 42.5 Å². The molecule has 2 N–H and O–H groups in total. The topological polar surface area (TPSA) is 67.4 Å². The molecule has 5 atom stereocenters. The number of carbonyl (C=O) groups excluding carboxylic acids is 2. The van der Waals surface area contributed by atoms with Crippen LogP contribution in [0.4, 0.5) is 0 Å². The maximum Gasteiger partial charge on any atom is 0.249 e. The largest absolute Gasteiger partial charge is 0.368 e. The fourth-order valence-corrected chi connectivity index (χ4v) is 6.51. The number of fused-ring (bicyclic) bond motifs is 1. The maximum absolute atomic E-state index is 13.3. The summed E-state index contributed by atoms with van der Waals surface area (Å²) in [7, 11) is 0. The molecule has 0 bridgehead atoms. The zero-order valence-corrected chi connectivity index (χ0v) is 20.1. The Morgan fingerprint density at radius 2 is 1.94 bits per heavy atom. The van der Waals surface area contributed by atoms with Gasteiger partial charge in [-0.1, -0.05) is 47.5 Å². The number of benzene rings is 2. The van der Waals surface area contributed by atoms with Crippen molar-refractivity contribution in [1.82, 2.24) is 10.6 Å². The van der Waals surface area contributed by atoms with E-state index in [4.69, 9.17) is 27.9 Å². The van der Waals surface area contributed by atoms with Gasteiger partial charge >= 0.3 is 0 Å². The van der Waals surface area contributed by atoms with Gasteiger partial charge in [0.1, 0.15) is 11.6 Å². The lowest BCUT2D eigenvalue weighted by atomic mass is 9.60. The Kier molecular flexibility index (Phi) is 6.15. The summed E-state index contributed by atoms with van der Waals surface area (Å²) in [6, 6.07) is 14.0. The molecule has 1 saturated carbocycles. The second kappa shape index (κ2) is 8.94. The molecule has 1 unspecified atom stereocenters. The van der Waals surface area contributed by atoms with Gasteiger partial charge in [0.25, 0.3) is 0 Å². The molecule has 0 radical (unpaired) electrons. The Morgan fingerprint density at radius 1 is 1.15 bits per heavy atom. The monoisotopic (exact) mass is 486 g/mol. The molecule has 2 saturated heterocycles. The third-order valence-electron chi connectivity index (χ3n) is 7.62. The van der Waals surface area contributed by atoms with Gasteiger partial charge in [-0.15, -0.1) is 0 Å². The van der Waals surface area contributed by atoms with Crippen molar-refractivity contribution in [2.45, 2.75) is 56.1 Å². The first-order valence-corrected chi connectivity index (χ1v) is 12.4. The minimum Gasteiger partial charge on any atom is -0.368 e. The minimum absolute atomic E-state index is 0.0139. The number of nitrogens with one attached hydrogen (secondary N) is 2. The van der Waals surface area contributed by atoms with E-state index in [0.29, 0.717) is 31.0 Å². The van der Waals surface area contributed by atoms with Gasteiger partial charge in [0, 0.05) is 29.1 Å². The Morgan fingerprint density at radius 3 is 2.64 bits per heavy atom. The van der Waals surface area contributed by atoms with Gasteiger partial charge in [0.2, 0.25) is 11.8 Å². The van der Waals surface area contributed by atoms with E-state index in [1.807, 2.05) is 37.3 Å². The maximum atomic E-state index is 13.3. The second-order valence-corrected chi connectivity index (χ2v) is 10.4. The summed E-state index contributed by atoms with van der Waals surface area (Å²) >= 11 is 12.9. The molecule has 7 heteroatoms. The van der Waals surface area contributed by atoms with E-state index in [2.05, 4.69) is 22.8 Å². The van der Waals surface area contributed by atoms with Crippen LogP contribution in [0.3, 0.4) is 0 Å². The predicted octanol–water partition coefficient (Wildman–Crippen LogP) is 4.74. The number of rotatable bonds is 4. The molecule has 3 aliphatic rings. The van der Waals surface area contributed by atoms with Crippen LogP contribution in [-0.4, -0.2) is 36.6 Å². The van der Waals surface area contributed by atoms with Gasteiger partial charge in [-0.2, -0.15) is 0 Å². The first-order valence-electron chi connectivity index (χ1n) is 11.6. The Balaban J connectivity index is 1.56. The molecule has 5 nitrogen and oxygen atoms in total. The molecule has 2 aliphatic heterocycles. The molecule has 174 valence electrons. The van der Waals surface area contributed by atoms with Crippen molar-refractivity contribution in [3.05, 3.63) is 69.2 Å². The van der Waals surface area contributed by atoms with Crippen LogP contribution in [-0.2, 0) is 14.3 Å². The summed E-state index contributed by atoms with van der Waals surface area (Å²) < 4.78 is 5.60. The van der Waals surface area contributed by atoms with Gasteiger partial charge < -0.3 is 15.4 Å². The Bertz CT molecular complexity index is 1070. The lowest BCUT2D eigenvalue weighted by Crippen LogP contribution is -2.62. The van der Waals surface area contributed by atoms with Crippen molar-refractivity contribution in [1.29, 1.82) is 0 Å². The van der Waals surface area contributed by atoms with E-state index in [1.165, 1.54) is 0 Å². The molecule has 2 heterocycles. The highest BCUT2D eigenvalue weighted by Gasteiger charge is 2.59. The number of aryl methyl sites for hydroxylation is 1. The predicted molar refractivity (Wildman–Crippen MR) is 129 cm³/mol. The van der Waals surface area contributed by atoms with Crippen LogP contribution in [0.1, 0.15) is 54.2 Å². The number of halogens is 2. The lowest BCUT2D eigenvalue weighted by Gasteiger charge is -2.47. The summed E-state index contributed by atoms with van der Waals surface area (Å²) in [5.41, 5.74) is 2.33. The van der Waals surface area contributed by atoms with Gasteiger partial charge in [0.15, 0.2) is 0 Å². The number of hydrogen-bond acceptors (Lipinski definition) is 3. The molecule has 2 aromatic rings.